The maximum atomic E-state index is 10.8. The maximum absolute atomic E-state index is 10.8. The molecule has 0 saturated carbocycles. The highest BCUT2D eigenvalue weighted by Gasteiger charge is 2.47. The Bertz CT molecular complexity index is 718. The van der Waals surface area contributed by atoms with E-state index in [4.69, 9.17) is 14.2 Å². The first-order chi connectivity index (χ1) is 13.0. The summed E-state index contributed by atoms with van der Waals surface area (Å²) >= 11 is 0. The smallest absolute Gasteiger partial charge is 0.132 e. The molecule has 2 aromatic rings. The molecule has 3 atom stereocenters. The van der Waals surface area contributed by atoms with Crippen molar-refractivity contribution < 1.29 is 19.3 Å². The normalized spacial score (nSPS) is 28.0. The third-order valence-corrected chi connectivity index (χ3v) is 4.99. The lowest BCUT2D eigenvalue weighted by Gasteiger charge is -2.45. The van der Waals surface area contributed by atoms with E-state index >= 15 is 0 Å². The van der Waals surface area contributed by atoms with Gasteiger partial charge in [-0.25, -0.2) is 0 Å². The van der Waals surface area contributed by atoms with Gasteiger partial charge in [0.1, 0.15) is 5.60 Å². The number of benzene rings is 2. The zero-order valence-corrected chi connectivity index (χ0v) is 15.8. The summed E-state index contributed by atoms with van der Waals surface area (Å²) in [6, 6.07) is 20.0. The topological polar surface area (TPSA) is 47.9 Å². The zero-order valence-electron chi connectivity index (χ0n) is 15.8. The highest BCUT2D eigenvalue weighted by Crippen LogP contribution is 2.34. The fourth-order valence-corrected chi connectivity index (χ4v) is 3.23. The number of hydrogen-bond acceptors (Lipinski definition) is 4. The number of hydrogen-bond donors (Lipinski definition) is 1. The van der Waals surface area contributed by atoms with Crippen molar-refractivity contribution in [3.8, 4) is 0 Å². The van der Waals surface area contributed by atoms with Crippen LogP contribution in [0.3, 0.4) is 0 Å². The number of aliphatic hydroxyl groups is 1. The molecule has 144 valence electrons. The largest absolute Gasteiger partial charge is 0.381 e. The Kier molecular flexibility index (Phi) is 6.45. The highest BCUT2D eigenvalue weighted by atomic mass is 16.6. The summed E-state index contributed by atoms with van der Waals surface area (Å²) in [5.74, 6) is 0. The summed E-state index contributed by atoms with van der Waals surface area (Å²) in [5, 5.41) is 10.8. The molecule has 2 aromatic carbocycles. The van der Waals surface area contributed by atoms with Crippen molar-refractivity contribution in [2.45, 2.75) is 43.9 Å². The van der Waals surface area contributed by atoms with E-state index < -0.39 is 17.3 Å². The van der Waals surface area contributed by atoms with Gasteiger partial charge in [0.05, 0.1) is 38.1 Å². The monoisotopic (exact) mass is 368 g/mol. The van der Waals surface area contributed by atoms with Gasteiger partial charge in [-0.05, 0) is 18.1 Å². The van der Waals surface area contributed by atoms with Crippen molar-refractivity contribution in [1.29, 1.82) is 0 Å². The van der Waals surface area contributed by atoms with Crippen molar-refractivity contribution in [2.75, 3.05) is 13.2 Å². The minimum atomic E-state index is -1.20. The molecule has 1 fully saturated rings. The molecule has 1 saturated heterocycles. The fraction of sp³-hybridized carbons (Fsp3) is 0.391. The summed E-state index contributed by atoms with van der Waals surface area (Å²) in [6.07, 6.45) is 1.64. The van der Waals surface area contributed by atoms with Crippen LogP contribution >= 0.6 is 0 Å². The molecular weight excluding hydrogens is 340 g/mol. The van der Waals surface area contributed by atoms with Crippen molar-refractivity contribution in [3.05, 3.63) is 84.4 Å². The summed E-state index contributed by atoms with van der Waals surface area (Å²) in [4.78, 5) is 0. The molecule has 3 rings (SSSR count). The molecule has 0 spiro atoms. The van der Waals surface area contributed by atoms with Crippen LogP contribution < -0.4 is 0 Å². The van der Waals surface area contributed by atoms with Crippen molar-refractivity contribution in [1.82, 2.24) is 0 Å². The molecular formula is C23H28O4. The van der Waals surface area contributed by atoms with Gasteiger partial charge < -0.3 is 19.3 Å². The summed E-state index contributed by atoms with van der Waals surface area (Å²) in [5.41, 5.74) is 0.466. The second-order valence-corrected chi connectivity index (χ2v) is 7.40. The Morgan fingerprint density at radius 2 is 1.67 bits per heavy atom. The van der Waals surface area contributed by atoms with Crippen molar-refractivity contribution >= 4 is 0 Å². The Labute approximate surface area is 161 Å². The van der Waals surface area contributed by atoms with Crippen LogP contribution in [0, 0.1) is 0 Å². The third-order valence-electron chi connectivity index (χ3n) is 4.99. The Balaban J connectivity index is 1.59. The lowest BCUT2D eigenvalue weighted by molar-refractivity contribution is -0.227. The molecule has 1 heterocycles. The predicted octanol–water partition coefficient (Wildman–Crippen LogP) is 3.88. The SMILES string of the molecule is C=C[C@@]1(O)CO[C@@](C)(COCc2ccccc2)C[C@@H]1OCc1ccccc1. The first kappa shape index (κ1) is 19.8. The second-order valence-electron chi connectivity index (χ2n) is 7.40. The molecule has 1 N–H and O–H groups in total. The van der Waals surface area contributed by atoms with Crippen LogP contribution in [0.25, 0.3) is 0 Å². The highest BCUT2D eigenvalue weighted by molar-refractivity contribution is 5.15. The average Bonchev–Trinajstić information content (AvgIpc) is 2.70. The number of ether oxygens (including phenoxy) is 3. The van der Waals surface area contributed by atoms with E-state index in [2.05, 4.69) is 6.58 Å². The van der Waals surface area contributed by atoms with Crippen molar-refractivity contribution in [3.63, 3.8) is 0 Å². The van der Waals surface area contributed by atoms with Gasteiger partial charge in [-0.1, -0.05) is 66.7 Å². The predicted molar refractivity (Wildman–Crippen MR) is 105 cm³/mol. The van der Waals surface area contributed by atoms with Crippen LogP contribution in [0.15, 0.2) is 73.3 Å². The summed E-state index contributed by atoms with van der Waals surface area (Å²) in [7, 11) is 0. The van der Waals surface area contributed by atoms with Gasteiger partial charge in [0.15, 0.2) is 0 Å². The van der Waals surface area contributed by atoms with Crippen LogP contribution in [-0.4, -0.2) is 35.6 Å². The third kappa shape index (κ3) is 5.27. The molecule has 4 heteroatoms. The van der Waals surface area contributed by atoms with Crippen molar-refractivity contribution in [2.24, 2.45) is 0 Å². The van der Waals surface area contributed by atoms with Crippen LogP contribution in [0.5, 0.6) is 0 Å². The molecule has 0 radical (unpaired) electrons. The van der Waals surface area contributed by atoms with Crippen LogP contribution in [-0.2, 0) is 27.4 Å². The van der Waals surface area contributed by atoms with Gasteiger partial charge in [-0.15, -0.1) is 6.58 Å². The Hall–Kier alpha value is -1.98. The van der Waals surface area contributed by atoms with E-state index in [0.717, 1.165) is 11.1 Å². The molecule has 0 amide bonds. The molecule has 0 unspecified atom stereocenters. The van der Waals surface area contributed by atoms with Gasteiger partial charge in [-0.2, -0.15) is 0 Å². The first-order valence-electron chi connectivity index (χ1n) is 9.30. The standard InChI is InChI=1S/C23H28O4/c1-3-23(24)18-27-22(2,17-25-15-19-10-6-4-7-11-19)14-21(23)26-16-20-12-8-5-9-13-20/h3-13,21,24H,1,14-18H2,2H3/t21-,22+,23+/m0/s1. The molecule has 0 aliphatic carbocycles. The molecule has 1 aliphatic heterocycles. The van der Waals surface area contributed by atoms with Gasteiger partial charge >= 0.3 is 0 Å². The number of rotatable bonds is 8. The maximum Gasteiger partial charge on any atom is 0.132 e. The van der Waals surface area contributed by atoms with Gasteiger partial charge in [0.25, 0.3) is 0 Å². The van der Waals surface area contributed by atoms with Gasteiger partial charge in [0.2, 0.25) is 0 Å². The van der Waals surface area contributed by atoms with Crippen LogP contribution in [0.2, 0.25) is 0 Å². The van der Waals surface area contributed by atoms with E-state index in [1.165, 1.54) is 6.08 Å². The quantitative estimate of drug-likeness (QED) is 0.718. The van der Waals surface area contributed by atoms with E-state index in [0.29, 0.717) is 26.2 Å². The lowest BCUT2D eigenvalue weighted by atomic mass is 9.84. The van der Waals surface area contributed by atoms with E-state index in [1.807, 2.05) is 67.6 Å². The van der Waals surface area contributed by atoms with Crippen LogP contribution in [0.4, 0.5) is 0 Å². The second kappa shape index (κ2) is 8.81. The molecule has 0 bridgehead atoms. The first-order valence-corrected chi connectivity index (χ1v) is 9.30. The van der Waals surface area contributed by atoms with Gasteiger partial charge in [0, 0.05) is 6.42 Å². The van der Waals surface area contributed by atoms with E-state index in [1.54, 1.807) is 0 Å². The van der Waals surface area contributed by atoms with Gasteiger partial charge in [-0.3, -0.25) is 0 Å². The summed E-state index contributed by atoms with van der Waals surface area (Å²) < 4.78 is 17.9. The fourth-order valence-electron chi connectivity index (χ4n) is 3.23. The zero-order chi connectivity index (χ0) is 19.2. The molecule has 0 aromatic heterocycles. The molecule has 4 nitrogen and oxygen atoms in total. The summed E-state index contributed by atoms with van der Waals surface area (Å²) in [6.45, 7) is 7.30. The Morgan fingerprint density at radius 3 is 2.26 bits per heavy atom. The average molecular weight is 368 g/mol. The van der Waals surface area contributed by atoms with E-state index in [9.17, 15) is 5.11 Å². The minimum Gasteiger partial charge on any atom is -0.381 e. The minimum absolute atomic E-state index is 0.140. The van der Waals surface area contributed by atoms with Crippen LogP contribution in [0.1, 0.15) is 24.5 Å². The van der Waals surface area contributed by atoms with E-state index in [-0.39, 0.29) is 6.61 Å². The molecule has 1 aliphatic rings. The Morgan fingerprint density at radius 1 is 1.07 bits per heavy atom. The lowest BCUT2D eigenvalue weighted by Crippen LogP contribution is -2.57. The molecule has 27 heavy (non-hydrogen) atoms.